The van der Waals surface area contributed by atoms with Crippen LogP contribution in [0.5, 0.6) is 0 Å². The van der Waals surface area contributed by atoms with E-state index < -0.39 is 0 Å². The normalized spacial score (nSPS) is 12.7. The maximum absolute atomic E-state index is 5.75. The first-order chi connectivity index (χ1) is 36.1. The van der Waals surface area contributed by atoms with Crippen molar-refractivity contribution in [3.63, 3.8) is 0 Å². The number of hydrogen-bond acceptors (Lipinski definition) is 8. The molecule has 1 aliphatic carbocycles. The Morgan fingerprint density at radius 3 is 1.01 bits per heavy atom. The highest BCUT2D eigenvalue weighted by Crippen LogP contribution is 2.45. The van der Waals surface area contributed by atoms with Crippen LogP contribution in [-0.4, -0.2) is 15.7 Å². The van der Waals surface area contributed by atoms with Gasteiger partial charge in [0.25, 0.3) is 0 Å². The summed E-state index contributed by atoms with van der Waals surface area (Å²) in [6.45, 7) is 4.89. The lowest BCUT2D eigenvalue weighted by atomic mass is 9.88. The van der Waals surface area contributed by atoms with Gasteiger partial charge < -0.3 is 0 Å². The summed E-state index contributed by atoms with van der Waals surface area (Å²) in [5.74, 6) is 0. The van der Waals surface area contributed by atoms with Crippen molar-refractivity contribution in [1.29, 1.82) is 0 Å². The minimum atomic E-state index is 0.661. The van der Waals surface area contributed by atoms with Gasteiger partial charge in [0, 0.05) is 47.4 Å². The second kappa shape index (κ2) is 20.7. The molecule has 0 radical (unpaired) electrons. The fourth-order valence-corrected chi connectivity index (χ4v) is 13.6. The van der Waals surface area contributed by atoms with Crippen molar-refractivity contribution < 1.29 is 0 Å². The molecular weight excluding hydrogens is 983 g/mol. The van der Waals surface area contributed by atoms with Gasteiger partial charge in [-0.1, -0.05) is 201 Å². The molecule has 5 aromatic heterocycles. The van der Waals surface area contributed by atoms with Gasteiger partial charge in [0.05, 0.1) is 20.8 Å². The van der Waals surface area contributed by atoms with Gasteiger partial charge in [-0.25, -0.2) is 14.4 Å². The zero-order valence-electron chi connectivity index (χ0n) is 39.2. The summed E-state index contributed by atoms with van der Waals surface area (Å²) >= 11 is 11.6. The van der Waals surface area contributed by atoms with Crippen LogP contribution in [-0.2, 0) is 0 Å². The van der Waals surface area contributed by atoms with Gasteiger partial charge in [0.1, 0.15) is 16.7 Å². The third-order valence-corrected chi connectivity index (χ3v) is 17.1. The average molecular weight is 1030 g/mol. The molecule has 5 heterocycles. The fourth-order valence-electron chi connectivity index (χ4n) is 9.66. The zero-order valence-corrected chi connectivity index (χ0v) is 43.4. The smallest absolute Gasteiger partial charge is 0.108 e. The van der Waals surface area contributed by atoms with Crippen molar-refractivity contribution in [1.82, 2.24) is 9.97 Å². The number of nitrogens with zero attached hydrogens (tertiary/aromatic N) is 3. The van der Waals surface area contributed by atoms with Crippen molar-refractivity contribution in [3.8, 4) is 21.1 Å². The molecule has 3 nitrogen and oxygen atoms in total. The van der Waals surface area contributed by atoms with Crippen molar-refractivity contribution in [2.75, 3.05) is 0 Å². The second-order valence-corrected chi connectivity index (χ2v) is 21.5. The van der Waals surface area contributed by atoms with Crippen LogP contribution in [0.2, 0.25) is 0 Å². The maximum Gasteiger partial charge on any atom is 0.108 e. The summed E-state index contributed by atoms with van der Waals surface area (Å²) in [5.41, 5.74) is 16.2. The van der Waals surface area contributed by atoms with Crippen molar-refractivity contribution in [2.45, 2.75) is 0 Å². The summed E-state index contributed by atoms with van der Waals surface area (Å²) in [5, 5.41) is 5.71. The first-order valence-electron chi connectivity index (χ1n) is 23.8. The predicted octanol–water partition coefficient (Wildman–Crippen LogP) is 16.3. The quantitative estimate of drug-likeness (QED) is 0.0978. The number of allylic oxidation sites excluding steroid dienone is 1. The lowest BCUT2D eigenvalue weighted by molar-refractivity contribution is 1.10. The molecule has 0 unspecified atom stereocenters. The van der Waals surface area contributed by atoms with Crippen molar-refractivity contribution >= 4 is 97.3 Å². The number of rotatable bonds is 12. The van der Waals surface area contributed by atoms with E-state index in [4.69, 9.17) is 33.8 Å². The molecule has 0 atom stereocenters. The van der Waals surface area contributed by atoms with E-state index in [0.717, 1.165) is 124 Å². The van der Waals surface area contributed by atoms with Crippen LogP contribution in [0.4, 0.5) is 0 Å². The van der Waals surface area contributed by atoms with Crippen LogP contribution >= 0.6 is 58.2 Å². The highest BCUT2D eigenvalue weighted by Gasteiger charge is 2.31. The van der Waals surface area contributed by atoms with E-state index >= 15 is 0 Å². The number of thiol groups is 1. The Labute approximate surface area is 446 Å². The molecule has 1 aliphatic rings. The van der Waals surface area contributed by atoms with E-state index in [-0.39, 0.29) is 0 Å². The predicted molar refractivity (Wildman–Crippen MR) is 316 cm³/mol. The van der Waals surface area contributed by atoms with E-state index in [9.17, 15) is 0 Å². The fraction of sp³-hybridized carbons (Fsp3) is 0. The van der Waals surface area contributed by atoms with Gasteiger partial charge in [-0.2, -0.15) is 0 Å². The van der Waals surface area contributed by atoms with Crippen LogP contribution in [0.3, 0.4) is 0 Å². The van der Waals surface area contributed by atoms with Gasteiger partial charge in [0.15, 0.2) is 0 Å². The Morgan fingerprint density at radius 1 is 0.356 bits per heavy atom. The van der Waals surface area contributed by atoms with Crippen LogP contribution in [0.15, 0.2) is 258 Å². The Kier molecular flexibility index (Phi) is 13.1. The second-order valence-electron chi connectivity index (χ2n) is 17.3. The van der Waals surface area contributed by atoms with E-state index in [1.54, 1.807) is 45.3 Å². The molecule has 348 valence electrons. The number of fused-ring (bicyclic) bond motifs is 1. The molecule has 0 saturated carbocycles. The molecule has 0 bridgehead atoms. The third kappa shape index (κ3) is 8.99. The molecule has 73 heavy (non-hydrogen) atoms. The summed E-state index contributed by atoms with van der Waals surface area (Å²) in [7, 11) is 0. The molecule has 0 fully saturated rings. The van der Waals surface area contributed by atoms with E-state index in [0.29, 0.717) is 5.71 Å². The highest BCUT2D eigenvalue weighted by atomic mass is 32.1. The van der Waals surface area contributed by atoms with E-state index in [2.05, 4.69) is 241 Å². The van der Waals surface area contributed by atoms with Crippen LogP contribution in [0.25, 0.3) is 54.6 Å². The number of benzene rings is 6. The number of aromatic nitrogens is 2. The highest BCUT2D eigenvalue weighted by molar-refractivity contribution is 7.79. The van der Waals surface area contributed by atoms with Crippen LogP contribution < -0.4 is 10.7 Å². The molecule has 6 aromatic carbocycles. The topological polar surface area (TPSA) is 38.1 Å². The SMILES string of the molecule is C=C1C(c2ccc(C(=C(c3ccccc3)c3ccccc3)c3ccccc3)s2)=c2nc(-c3cccs3)c(-c3cccs3)nc2=C(c2ccc(C(=C(c3ccccc3)c3ccccc3)c3ccccc3)s2)/C1=N/S. The van der Waals surface area contributed by atoms with Crippen LogP contribution in [0, 0.1) is 0 Å². The first-order valence-corrected chi connectivity index (χ1v) is 27.6. The molecule has 8 heteroatoms. The summed E-state index contributed by atoms with van der Waals surface area (Å²) in [6.07, 6.45) is 0. The molecule has 0 aliphatic heterocycles. The molecule has 0 saturated heterocycles. The Hall–Kier alpha value is -7.82. The van der Waals surface area contributed by atoms with E-state index in [1.165, 1.54) is 0 Å². The summed E-state index contributed by atoms with van der Waals surface area (Å²) in [6, 6.07) is 81.5. The Balaban J connectivity index is 1.15. The molecular formula is C65H43N3S5. The number of hydrogen-bond donors (Lipinski definition) is 1. The molecule has 0 amide bonds. The van der Waals surface area contributed by atoms with Gasteiger partial charge in [-0.3, -0.25) is 0 Å². The van der Waals surface area contributed by atoms with E-state index in [1.807, 2.05) is 0 Å². The third-order valence-electron chi connectivity index (χ3n) is 12.9. The van der Waals surface area contributed by atoms with Gasteiger partial charge in [-0.05, 0) is 105 Å². The Bertz CT molecular complexity index is 3900. The van der Waals surface area contributed by atoms with Crippen molar-refractivity contribution in [3.05, 3.63) is 317 Å². The minimum Gasteiger partial charge on any atom is -0.242 e. The lowest BCUT2D eigenvalue weighted by Gasteiger charge is -2.20. The standard InChI is InChI=1S/C65H43N3S5/c1-42-55(49-36-37-50(72-49)58(47-30-16-6-17-31-47)56(43-22-8-2-9-23-43)44-24-10-3-11-25-44)64-65(67-63(54-35-21-41-71-54)62(66-64)53-34-20-40-70-53)60(61(42)68-69)52-39-38-51(73-52)59(48-32-18-7-19-33-48)57(45-26-12-4-13-27-45)46-28-14-5-15-29-46/h2-41,69H,1H2/b68-61+. The summed E-state index contributed by atoms with van der Waals surface area (Å²) < 4.78 is 4.85. The van der Waals surface area contributed by atoms with Gasteiger partial charge in [0.2, 0.25) is 0 Å². The van der Waals surface area contributed by atoms with Crippen LogP contribution in [0.1, 0.15) is 52.9 Å². The lowest BCUT2D eigenvalue weighted by Crippen LogP contribution is -2.42. The largest absolute Gasteiger partial charge is 0.242 e. The Morgan fingerprint density at radius 2 is 0.685 bits per heavy atom. The first kappa shape index (κ1) is 46.3. The molecule has 0 spiro atoms. The zero-order chi connectivity index (χ0) is 49.1. The number of thiophene rings is 4. The van der Waals surface area contributed by atoms with Crippen molar-refractivity contribution in [2.24, 2.45) is 4.40 Å². The summed E-state index contributed by atoms with van der Waals surface area (Å²) in [4.78, 5) is 17.8. The molecule has 12 rings (SSSR count). The van der Waals surface area contributed by atoms with Gasteiger partial charge >= 0.3 is 0 Å². The monoisotopic (exact) mass is 1030 g/mol. The minimum absolute atomic E-state index is 0.661. The average Bonchev–Trinajstić information content (AvgIpc) is 4.33. The molecule has 11 aromatic rings. The maximum atomic E-state index is 5.75. The van der Waals surface area contributed by atoms with Gasteiger partial charge in [-0.15, -0.1) is 45.3 Å². The molecule has 0 N–H and O–H groups in total.